The topological polar surface area (TPSA) is 81.0 Å². The second kappa shape index (κ2) is 6.23. The van der Waals surface area contributed by atoms with Crippen LogP contribution in [-0.2, 0) is 7.05 Å². The number of thiophene rings is 1. The van der Waals surface area contributed by atoms with E-state index in [4.69, 9.17) is 10.5 Å². The first-order valence-corrected chi connectivity index (χ1v) is 10.0. The molecule has 0 bridgehead atoms. The van der Waals surface area contributed by atoms with Gasteiger partial charge in [-0.2, -0.15) is 5.26 Å². The highest BCUT2D eigenvalue weighted by molar-refractivity contribution is 7.19. The predicted molar refractivity (Wildman–Crippen MR) is 115 cm³/mol. The van der Waals surface area contributed by atoms with Crippen molar-refractivity contribution >= 4 is 32.3 Å². The van der Waals surface area contributed by atoms with E-state index in [0.29, 0.717) is 11.3 Å². The zero-order valence-corrected chi connectivity index (χ0v) is 16.7. The highest BCUT2D eigenvalue weighted by Gasteiger charge is 2.37. The molecule has 1 aliphatic heterocycles. The van der Waals surface area contributed by atoms with Gasteiger partial charge < -0.3 is 15.0 Å². The number of hydrogen-bond donors (Lipinski definition) is 1. The van der Waals surface area contributed by atoms with Crippen molar-refractivity contribution in [2.45, 2.75) is 12.8 Å². The van der Waals surface area contributed by atoms with Crippen LogP contribution in [0.1, 0.15) is 21.9 Å². The molecule has 1 atom stereocenters. The molecular formula is C23H17N3O2S. The van der Waals surface area contributed by atoms with Gasteiger partial charge in [0.15, 0.2) is 0 Å². The van der Waals surface area contributed by atoms with Crippen LogP contribution in [0.5, 0.6) is 5.75 Å². The minimum atomic E-state index is -0.566. The van der Waals surface area contributed by atoms with E-state index in [1.165, 1.54) is 0 Å². The minimum Gasteiger partial charge on any atom is -0.439 e. The van der Waals surface area contributed by atoms with E-state index in [9.17, 15) is 10.1 Å². The van der Waals surface area contributed by atoms with Crippen LogP contribution in [0.3, 0.4) is 0 Å². The Morgan fingerprint density at radius 3 is 2.55 bits per heavy atom. The van der Waals surface area contributed by atoms with Gasteiger partial charge in [-0.3, -0.25) is 4.79 Å². The van der Waals surface area contributed by atoms with Gasteiger partial charge in [-0.1, -0.05) is 30.3 Å². The lowest BCUT2D eigenvalue weighted by Crippen LogP contribution is -2.31. The number of ether oxygens (including phenoxy) is 1. The van der Waals surface area contributed by atoms with Gasteiger partial charge >= 0.3 is 0 Å². The number of nitrogens with two attached hydrogens (primary N) is 1. The molecule has 0 spiro atoms. The average Bonchev–Trinajstić information content (AvgIpc) is 3.06. The third-order valence-electron chi connectivity index (χ3n) is 5.57. The van der Waals surface area contributed by atoms with E-state index in [1.54, 1.807) is 23.0 Å². The number of rotatable bonds is 1. The van der Waals surface area contributed by atoms with Gasteiger partial charge in [0.1, 0.15) is 17.4 Å². The van der Waals surface area contributed by atoms with Crippen molar-refractivity contribution in [1.82, 2.24) is 4.57 Å². The summed E-state index contributed by atoms with van der Waals surface area (Å²) in [6, 6.07) is 17.8. The van der Waals surface area contributed by atoms with Crippen molar-refractivity contribution in [1.29, 1.82) is 5.26 Å². The van der Waals surface area contributed by atoms with Crippen molar-refractivity contribution in [2.75, 3.05) is 0 Å². The Kier molecular flexibility index (Phi) is 3.76. The lowest BCUT2D eigenvalue weighted by atomic mass is 9.82. The van der Waals surface area contributed by atoms with Gasteiger partial charge in [-0.05, 0) is 36.1 Å². The molecule has 5 nitrogen and oxygen atoms in total. The minimum absolute atomic E-state index is 0.0538. The SMILES string of the molecule is Cc1sc2ccccc2c1[C@H]1C(C#N)=C(N)Oc2c1c(=O)n(C)c1ccccc21. The number of pyridine rings is 1. The van der Waals surface area contributed by atoms with Crippen LogP contribution in [-0.4, -0.2) is 4.57 Å². The van der Waals surface area contributed by atoms with Crippen LogP contribution in [0.15, 0.2) is 64.8 Å². The summed E-state index contributed by atoms with van der Waals surface area (Å²) < 4.78 is 8.62. The zero-order valence-electron chi connectivity index (χ0n) is 15.9. The largest absolute Gasteiger partial charge is 0.439 e. The third kappa shape index (κ3) is 2.35. The molecule has 142 valence electrons. The van der Waals surface area contributed by atoms with E-state index in [0.717, 1.165) is 31.4 Å². The fourth-order valence-corrected chi connectivity index (χ4v) is 5.36. The highest BCUT2D eigenvalue weighted by Crippen LogP contribution is 2.47. The average molecular weight is 399 g/mol. The first-order chi connectivity index (χ1) is 14.0. The number of para-hydroxylation sites is 1. The summed E-state index contributed by atoms with van der Waals surface area (Å²) in [5.74, 6) is -0.0684. The maximum absolute atomic E-state index is 13.5. The Labute approximate surface area is 170 Å². The molecular weight excluding hydrogens is 382 g/mol. The molecule has 1 aliphatic rings. The second-order valence-electron chi connectivity index (χ2n) is 7.12. The quantitative estimate of drug-likeness (QED) is 0.518. The highest BCUT2D eigenvalue weighted by atomic mass is 32.1. The van der Waals surface area contributed by atoms with Crippen molar-refractivity contribution in [3.63, 3.8) is 0 Å². The van der Waals surface area contributed by atoms with Crippen molar-refractivity contribution in [3.05, 3.63) is 86.3 Å². The van der Waals surface area contributed by atoms with E-state index >= 15 is 0 Å². The van der Waals surface area contributed by atoms with Crippen LogP contribution < -0.4 is 16.0 Å². The summed E-state index contributed by atoms with van der Waals surface area (Å²) in [5.41, 5.74) is 8.46. The maximum Gasteiger partial charge on any atom is 0.258 e. The second-order valence-corrected chi connectivity index (χ2v) is 8.37. The Morgan fingerprint density at radius 1 is 1.10 bits per heavy atom. The lowest BCUT2D eigenvalue weighted by Gasteiger charge is -2.28. The summed E-state index contributed by atoms with van der Waals surface area (Å²) in [5, 5.41) is 11.7. The van der Waals surface area contributed by atoms with Gasteiger partial charge in [-0.15, -0.1) is 11.3 Å². The molecule has 0 radical (unpaired) electrons. The summed E-state index contributed by atoms with van der Waals surface area (Å²) in [6.07, 6.45) is 0. The molecule has 29 heavy (non-hydrogen) atoms. The summed E-state index contributed by atoms with van der Waals surface area (Å²) in [4.78, 5) is 14.5. The fraction of sp³-hybridized carbons (Fsp3) is 0.130. The molecule has 0 unspecified atom stereocenters. The molecule has 2 aromatic carbocycles. The molecule has 6 heteroatoms. The number of aryl methyl sites for hydroxylation is 2. The molecule has 0 aliphatic carbocycles. The van der Waals surface area contributed by atoms with Gasteiger partial charge in [0, 0.05) is 22.0 Å². The van der Waals surface area contributed by atoms with E-state index in [-0.39, 0.29) is 17.0 Å². The maximum atomic E-state index is 13.5. The number of aromatic nitrogens is 1. The van der Waals surface area contributed by atoms with Crippen LogP contribution in [0.4, 0.5) is 0 Å². The smallest absolute Gasteiger partial charge is 0.258 e. The standard InChI is InChI=1S/C23H17N3O2S/c1-12-18(14-8-4-6-10-17(14)29-12)19-15(11-24)22(25)28-21-13-7-3-5-9-16(13)26(2)23(27)20(19)21/h3-10,19H,25H2,1-2H3/t19-/m1/s1. The van der Waals surface area contributed by atoms with E-state index in [1.807, 2.05) is 55.5 Å². The molecule has 0 saturated heterocycles. The summed E-state index contributed by atoms with van der Waals surface area (Å²) >= 11 is 1.65. The van der Waals surface area contributed by atoms with Crippen LogP contribution in [0.25, 0.3) is 21.0 Å². The van der Waals surface area contributed by atoms with Gasteiger partial charge in [-0.25, -0.2) is 0 Å². The van der Waals surface area contributed by atoms with Crippen molar-refractivity contribution in [3.8, 4) is 11.8 Å². The Hall–Kier alpha value is -3.56. The molecule has 4 aromatic rings. The van der Waals surface area contributed by atoms with E-state index in [2.05, 4.69) is 6.07 Å². The Balaban J connectivity index is 1.96. The van der Waals surface area contributed by atoms with Gasteiger partial charge in [0.25, 0.3) is 5.56 Å². The molecule has 3 heterocycles. The van der Waals surface area contributed by atoms with Crippen LogP contribution in [0.2, 0.25) is 0 Å². The predicted octanol–water partition coefficient (Wildman–Crippen LogP) is 4.28. The fourth-order valence-electron chi connectivity index (χ4n) is 4.26. The number of benzene rings is 2. The van der Waals surface area contributed by atoms with Crippen molar-refractivity contribution in [2.24, 2.45) is 12.8 Å². The summed E-state index contributed by atoms with van der Waals surface area (Å²) in [7, 11) is 1.74. The van der Waals surface area contributed by atoms with E-state index < -0.39 is 5.92 Å². The number of nitrogens with zero attached hydrogens (tertiary/aromatic N) is 2. The number of fused-ring (bicyclic) bond motifs is 4. The van der Waals surface area contributed by atoms with Crippen molar-refractivity contribution < 1.29 is 4.74 Å². The lowest BCUT2D eigenvalue weighted by molar-refractivity contribution is 0.396. The number of hydrogen-bond acceptors (Lipinski definition) is 5. The van der Waals surface area contributed by atoms with Gasteiger partial charge in [0.2, 0.25) is 5.88 Å². The third-order valence-corrected chi connectivity index (χ3v) is 6.68. The molecule has 2 aromatic heterocycles. The van der Waals surface area contributed by atoms with Gasteiger partial charge in [0.05, 0.1) is 17.0 Å². The number of allylic oxidation sites excluding steroid dienone is 1. The molecule has 0 amide bonds. The Bertz CT molecular complexity index is 1450. The first kappa shape index (κ1) is 17.5. The monoisotopic (exact) mass is 399 g/mol. The van der Waals surface area contributed by atoms with Crippen LogP contribution >= 0.6 is 11.3 Å². The normalized spacial score (nSPS) is 16.0. The summed E-state index contributed by atoms with van der Waals surface area (Å²) in [6.45, 7) is 2.02. The Morgan fingerprint density at radius 2 is 1.79 bits per heavy atom. The molecule has 0 saturated carbocycles. The zero-order chi connectivity index (χ0) is 20.3. The van der Waals surface area contributed by atoms with Crippen LogP contribution in [0, 0.1) is 18.3 Å². The first-order valence-electron chi connectivity index (χ1n) is 9.20. The number of nitriles is 1. The molecule has 2 N–H and O–H groups in total. The molecule has 5 rings (SSSR count). The molecule has 0 fully saturated rings.